The van der Waals surface area contributed by atoms with Crippen molar-refractivity contribution < 1.29 is 0 Å². The van der Waals surface area contributed by atoms with E-state index in [-0.39, 0.29) is 5.41 Å². The maximum absolute atomic E-state index is 5.78. The van der Waals surface area contributed by atoms with Gasteiger partial charge in [-0.05, 0) is 30.5 Å². The number of nitrogens with zero attached hydrogens (tertiary/aromatic N) is 1. The van der Waals surface area contributed by atoms with E-state index in [0.29, 0.717) is 4.99 Å². The first-order chi connectivity index (χ1) is 8.49. The van der Waals surface area contributed by atoms with Crippen LogP contribution in [0.3, 0.4) is 0 Å². The van der Waals surface area contributed by atoms with Crippen LogP contribution >= 0.6 is 12.2 Å². The quantitative estimate of drug-likeness (QED) is 0.846. The van der Waals surface area contributed by atoms with Crippen molar-refractivity contribution in [3.05, 3.63) is 35.4 Å². The van der Waals surface area contributed by atoms with E-state index < -0.39 is 0 Å². The SMILES string of the molecule is CC(C)(CCN1CCc2ccccc2C1)C(N)=S. The number of thiocarbonyl (C=S) groups is 1. The summed E-state index contributed by atoms with van der Waals surface area (Å²) in [5.41, 5.74) is 8.71. The molecule has 1 aromatic rings. The van der Waals surface area contributed by atoms with Gasteiger partial charge >= 0.3 is 0 Å². The van der Waals surface area contributed by atoms with Gasteiger partial charge in [0.15, 0.2) is 0 Å². The highest BCUT2D eigenvalue weighted by Gasteiger charge is 2.23. The summed E-state index contributed by atoms with van der Waals surface area (Å²) in [4.78, 5) is 3.13. The first kappa shape index (κ1) is 13.5. The van der Waals surface area contributed by atoms with Gasteiger partial charge in [-0.3, -0.25) is 4.90 Å². The van der Waals surface area contributed by atoms with Crippen LogP contribution in [-0.4, -0.2) is 23.0 Å². The zero-order chi connectivity index (χ0) is 13.2. The zero-order valence-electron chi connectivity index (χ0n) is 11.3. The van der Waals surface area contributed by atoms with E-state index in [4.69, 9.17) is 18.0 Å². The predicted octanol–water partition coefficient (Wildman–Crippen LogP) is 2.75. The molecule has 18 heavy (non-hydrogen) atoms. The van der Waals surface area contributed by atoms with Crippen LogP contribution in [0, 0.1) is 5.41 Å². The summed E-state index contributed by atoms with van der Waals surface area (Å²) in [6.07, 6.45) is 2.19. The average molecular weight is 262 g/mol. The molecule has 2 nitrogen and oxygen atoms in total. The summed E-state index contributed by atoms with van der Waals surface area (Å²) in [5, 5.41) is 0. The third-order valence-electron chi connectivity index (χ3n) is 3.93. The summed E-state index contributed by atoms with van der Waals surface area (Å²) in [5.74, 6) is 0. The Labute approximate surface area is 115 Å². The first-order valence-corrected chi connectivity index (χ1v) is 6.99. The van der Waals surface area contributed by atoms with Crippen LogP contribution in [-0.2, 0) is 13.0 Å². The maximum atomic E-state index is 5.78. The van der Waals surface area contributed by atoms with Gasteiger partial charge in [0.1, 0.15) is 0 Å². The highest BCUT2D eigenvalue weighted by Crippen LogP contribution is 2.24. The van der Waals surface area contributed by atoms with E-state index in [1.807, 2.05) is 0 Å². The van der Waals surface area contributed by atoms with Gasteiger partial charge < -0.3 is 5.73 Å². The summed E-state index contributed by atoms with van der Waals surface area (Å²) >= 11 is 5.12. The van der Waals surface area contributed by atoms with Crippen LogP contribution in [0.5, 0.6) is 0 Å². The molecule has 0 saturated carbocycles. The Balaban J connectivity index is 1.93. The molecule has 0 aromatic heterocycles. The summed E-state index contributed by atoms with van der Waals surface area (Å²) in [6, 6.07) is 8.73. The molecule has 2 N–H and O–H groups in total. The van der Waals surface area contributed by atoms with Gasteiger partial charge in [-0.15, -0.1) is 0 Å². The van der Waals surface area contributed by atoms with Crippen LogP contribution < -0.4 is 5.73 Å². The fourth-order valence-electron chi connectivity index (χ4n) is 2.31. The molecule has 0 unspecified atom stereocenters. The topological polar surface area (TPSA) is 29.3 Å². The summed E-state index contributed by atoms with van der Waals surface area (Å²) in [6.45, 7) is 7.53. The standard InChI is InChI=1S/C15H22N2S/c1-15(2,14(16)18)8-10-17-9-7-12-5-3-4-6-13(12)11-17/h3-6H,7-11H2,1-2H3,(H2,16,18). The van der Waals surface area contributed by atoms with Crippen LogP contribution in [0.25, 0.3) is 0 Å². The third-order valence-corrected chi connectivity index (χ3v) is 4.48. The van der Waals surface area contributed by atoms with Crippen LogP contribution in [0.4, 0.5) is 0 Å². The second kappa shape index (κ2) is 5.37. The lowest BCUT2D eigenvalue weighted by molar-refractivity contribution is 0.229. The number of fused-ring (bicyclic) bond motifs is 1. The van der Waals surface area contributed by atoms with E-state index in [1.165, 1.54) is 11.1 Å². The lowest BCUT2D eigenvalue weighted by Crippen LogP contribution is -2.37. The summed E-state index contributed by atoms with van der Waals surface area (Å²) < 4.78 is 0. The minimum absolute atomic E-state index is 0.0354. The van der Waals surface area contributed by atoms with E-state index in [0.717, 1.165) is 32.5 Å². The fraction of sp³-hybridized carbons (Fsp3) is 0.533. The average Bonchev–Trinajstić information content (AvgIpc) is 2.36. The highest BCUT2D eigenvalue weighted by molar-refractivity contribution is 7.80. The largest absolute Gasteiger partial charge is 0.393 e. The molecule has 1 heterocycles. The van der Waals surface area contributed by atoms with Crippen LogP contribution in [0.1, 0.15) is 31.4 Å². The van der Waals surface area contributed by atoms with Crippen LogP contribution in [0.2, 0.25) is 0 Å². The molecule has 2 rings (SSSR count). The van der Waals surface area contributed by atoms with Gasteiger partial charge in [-0.25, -0.2) is 0 Å². The second-order valence-corrected chi connectivity index (χ2v) is 6.23. The molecule has 1 aliphatic rings. The van der Waals surface area contributed by atoms with Crippen molar-refractivity contribution >= 4 is 17.2 Å². The van der Waals surface area contributed by atoms with Gasteiger partial charge in [0.2, 0.25) is 0 Å². The molecule has 1 aromatic carbocycles. The van der Waals surface area contributed by atoms with Crippen molar-refractivity contribution in [2.75, 3.05) is 13.1 Å². The van der Waals surface area contributed by atoms with Crippen molar-refractivity contribution in [1.82, 2.24) is 4.90 Å². The fourth-order valence-corrected chi connectivity index (χ4v) is 2.41. The number of nitrogens with two attached hydrogens (primary N) is 1. The molecule has 0 radical (unpaired) electrons. The van der Waals surface area contributed by atoms with Crippen molar-refractivity contribution in [2.45, 2.75) is 33.2 Å². The molecule has 0 aliphatic carbocycles. The molecular weight excluding hydrogens is 240 g/mol. The number of hydrogen-bond donors (Lipinski definition) is 1. The monoisotopic (exact) mass is 262 g/mol. The number of benzene rings is 1. The normalized spacial score (nSPS) is 16.3. The number of rotatable bonds is 4. The molecule has 0 amide bonds. The molecule has 98 valence electrons. The Morgan fingerprint density at radius 1 is 1.33 bits per heavy atom. The smallest absolute Gasteiger partial charge is 0.0784 e. The molecule has 0 bridgehead atoms. The van der Waals surface area contributed by atoms with Crippen LogP contribution in [0.15, 0.2) is 24.3 Å². The maximum Gasteiger partial charge on any atom is 0.0784 e. The van der Waals surface area contributed by atoms with E-state index in [9.17, 15) is 0 Å². The van der Waals surface area contributed by atoms with Crippen molar-refractivity contribution in [3.8, 4) is 0 Å². The first-order valence-electron chi connectivity index (χ1n) is 6.58. The minimum Gasteiger partial charge on any atom is -0.393 e. The Morgan fingerprint density at radius 3 is 2.67 bits per heavy atom. The predicted molar refractivity (Wildman–Crippen MR) is 80.6 cm³/mol. The number of hydrogen-bond acceptors (Lipinski definition) is 2. The van der Waals surface area contributed by atoms with E-state index in [1.54, 1.807) is 0 Å². The Hall–Kier alpha value is -0.930. The van der Waals surface area contributed by atoms with Gasteiger partial charge in [0, 0.05) is 18.5 Å². The Kier molecular flexibility index (Phi) is 4.03. The molecule has 3 heteroatoms. The lowest BCUT2D eigenvalue weighted by atomic mass is 9.88. The zero-order valence-corrected chi connectivity index (χ0v) is 12.1. The highest BCUT2D eigenvalue weighted by atomic mass is 32.1. The van der Waals surface area contributed by atoms with E-state index in [2.05, 4.69) is 43.0 Å². The molecule has 1 aliphatic heterocycles. The van der Waals surface area contributed by atoms with Gasteiger partial charge in [0.05, 0.1) is 4.99 Å². The minimum atomic E-state index is -0.0354. The molecule has 0 atom stereocenters. The van der Waals surface area contributed by atoms with E-state index >= 15 is 0 Å². The molecular formula is C15H22N2S. The van der Waals surface area contributed by atoms with Gasteiger partial charge in [-0.1, -0.05) is 50.3 Å². The Bertz CT molecular complexity index is 440. The van der Waals surface area contributed by atoms with Gasteiger partial charge in [-0.2, -0.15) is 0 Å². The lowest BCUT2D eigenvalue weighted by Gasteiger charge is -2.32. The van der Waals surface area contributed by atoms with Crippen molar-refractivity contribution in [2.24, 2.45) is 11.1 Å². The molecule has 0 fully saturated rings. The second-order valence-electron chi connectivity index (χ2n) is 5.79. The Morgan fingerprint density at radius 2 is 2.00 bits per heavy atom. The molecule has 0 spiro atoms. The molecule has 0 saturated heterocycles. The van der Waals surface area contributed by atoms with Crippen molar-refractivity contribution in [1.29, 1.82) is 0 Å². The summed E-state index contributed by atoms with van der Waals surface area (Å²) in [7, 11) is 0. The van der Waals surface area contributed by atoms with Gasteiger partial charge in [0.25, 0.3) is 0 Å². The third kappa shape index (κ3) is 3.09. The van der Waals surface area contributed by atoms with Crippen molar-refractivity contribution in [3.63, 3.8) is 0 Å².